The summed E-state index contributed by atoms with van der Waals surface area (Å²) < 4.78 is 5.74. The molecule has 2 aromatic carbocycles. The average molecular weight is 507 g/mol. The minimum atomic E-state index is -1.11. The maximum Gasteiger partial charge on any atom is 0.408 e. The molecule has 37 heavy (non-hydrogen) atoms. The summed E-state index contributed by atoms with van der Waals surface area (Å²) in [5, 5.41) is 21.0. The normalized spacial score (nSPS) is 28.4. The molecule has 2 spiro atoms. The van der Waals surface area contributed by atoms with Crippen molar-refractivity contribution in [2.24, 2.45) is 10.8 Å². The molecule has 3 unspecified atom stereocenters. The van der Waals surface area contributed by atoms with Gasteiger partial charge in [0, 0.05) is 18.6 Å². The number of aliphatic carboxylic acids is 1. The van der Waals surface area contributed by atoms with Crippen LogP contribution in [0.2, 0.25) is 0 Å². The number of carbonyl (C=O) groups is 3. The van der Waals surface area contributed by atoms with Crippen molar-refractivity contribution in [3.8, 4) is 0 Å². The van der Waals surface area contributed by atoms with E-state index in [1.807, 2.05) is 48.5 Å². The molecule has 2 aliphatic carbocycles. The van der Waals surface area contributed by atoms with Crippen molar-refractivity contribution < 1.29 is 29.3 Å². The average Bonchev–Trinajstić information content (AvgIpc) is 3.75. The van der Waals surface area contributed by atoms with Crippen LogP contribution >= 0.6 is 0 Å². The number of rotatable bonds is 6. The van der Waals surface area contributed by atoms with Crippen molar-refractivity contribution in [3.63, 3.8) is 0 Å². The highest BCUT2D eigenvalue weighted by Crippen LogP contribution is 2.55. The molecular formula is C29H34N2O6. The fourth-order valence-corrected chi connectivity index (χ4v) is 6.01. The van der Waals surface area contributed by atoms with Gasteiger partial charge in [0.1, 0.15) is 12.6 Å². The smallest absolute Gasteiger partial charge is 0.408 e. The molecule has 8 heteroatoms. The number of nitrogens with zero attached hydrogens (tertiary/aromatic N) is 1. The summed E-state index contributed by atoms with van der Waals surface area (Å²) in [6, 6.07) is 19.4. The van der Waals surface area contributed by atoms with Gasteiger partial charge < -0.3 is 20.3 Å². The summed E-state index contributed by atoms with van der Waals surface area (Å²) in [6.07, 6.45) is 4.96. The van der Waals surface area contributed by atoms with E-state index in [1.54, 1.807) is 0 Å². The Balaban J connectivity index is 0.000000182. The van der Waals surface area contributed by atoms with Gasteiger partial charge >= 0.3 is 18.0 Å². The third-order valence-electron chi connectivity index (χ3n) is 8.46. The molecule has 0 radical (unpaired) electrons. The first-order chi connectivity index (χ1) is 17.7. The van der Waals surface area contributed by atoms with Gasteiger partial charge in [0.25, 0.3) is 0 Å². The Hall–Kier alpha value is -3.39. The Labute approximate surface area is 216 Å². The van der Waals surface area contributed by atoms with E-state index in [0.29, 0.717) is 19.6 Å². The topological polar surface area (TPSA) is 126 Å². The predicted molar refractivity (Wildman–Crippen MR) is 136 cm³/mol. The second-order valence-corrected chi connectivity index (χ2v) is 11.3. The van der Waals surface area contributed by atoms with Gasteiger partial charge in [-0.1, -0.05) is 60.7 Å². The van der Waals surface area contributed by atoms with Gasteiger partial charge in [-0.25, -0.2) is 9.59 Å². The van der Waals surface area contributed by atoms with E-state index in [1.165, 1.54) is 5.56 Å². The summed E-state index contributed by atoms with van der Waals surface area (Å²) in [5.41, 5.74) is 2.08. The van der Waals surface area contributed by atoms with Crippen molar-refractivity contribution in [3.05, 3.63) is 71.8 Å². The molecule has 2 aromatic rings. The van der Waals surface area contributed by atoms with E-state index < -0.39 is 18.1 Å². The first-order valence-electron chi connectivity index (χ1n) is 13.0. The molecule has 0 aromatic heterocycles. The Morgan fingerprint density at radius 1 is 0.919 bits per heavy atom. The molecule has 6 rings (SSSR count). The highest BCUT2D eigenvalue weighted by molar-refractivity contribution is 5.80. The monoisotopic (exact) mass is 506 g/mol. The third-order valence-corrected chi connectivity index (χ3v) is 8.46. The van der Waals surface area contributed by atoms with Crippen LogP contribution in [0.4, 0.5) is 4.79 Å². The molecule has 8 nitrogen and oxygen atoms in total. The molecule has 2 aliphatic heterocycles. The maximum absolute atomic E-state index is 13.0. The number of carboxylic acids is 1. The maximum atomic E-state index is 13.0. The number of ether oxygens (including phenoxy) is 1. The molecule has 4 aliphatic rings. The zero-order valence-electron chi connectivity index (χ0n) is 20.9. The first kappa shape index (κ1) is 25.3. The van der Waals surface area contributed by atoms with Gasteiger partial charge in [0.05, 0.1) is 5.41 Å². The summed E-state index contributed by atoms with van der Waals surface area (Å²) in [7, 11) is 0. The van der Waals surface area contributed by atoms with Crippen LogP contribution in [-0.2, 0) is 27.4 Å². The van der Waals surface area contributed by atoms with Gasteiger partial charge in [-0.3, -0.25) is 9.69 Å². The Bertz CT molecular complexity index is 1120. The minimum absolute atomic E-state index is 0.0153. The SMILES string of the molecule is O=C(O)C1CC2(CC2)CN1C(=O)O.O=C(OCc1ccccc1)C1(Cc2ccccc2)CCC2(CN2)C1. The Kier molecular flexibility index (Phi) is 6.70. The number of esters is 1. The number of carbonyl (C=O) groups excluding carboxylic acids is 1. The molecular weight excluding hydrogens is 472 g/mol. The number of nitrogens with one attached hydrogen (secondary N) is 1. The predicted octanol–water partition coefficient (Wildman–Crippen LogP) is 4.09. The van der Waals surface area contributed by atoms with E-state index in [0.717, 1.165) is 55.5 Å². The Morgan fingerprint density at radius 2 is 1.54 bits per heavy atom. The van der Waals surface area contributed by atoms with Crippen molar-refractivity contribution in [1.29, 1.82) is 0 Å². The molecule has 4 fully saturated rings. The number of benzene rings is 2. The standard InChI is InChI=1S/C21H23NO2.C8H11NO4/c23-19(24-14-18-9-5-2-6-10-18)20(11-12-21(15-20)16-22-21)13-17-7-3-1-4-8-17;10-6(11)5-3-8(1-2-8)4-9(5)7(12)13/h1-10,22H,11-16H2;5H,1-4H2,(H,10,11)(H,12,13). The van der Waals surface area contributed by atoms with E-state index in [-0.39, 0.29) is 22.3 Å². The molecule has 0 bridgehead atoms. The summed E-state index contributed by atoms with van der Waals surface area (Å²) in [4.78, 5) is 35.5. The van der Waals surface area contributed by atoms with Crippen LogP contribution in [0, 0.1) is 10.8 Å². The summed E-state index contributed by atoms with van der Waals surface area (Å²) >= 11 is 0. The van der Waals surface area contributed by atoms with E-state index in [4.69, 9.17) is 14.9 Å². The van der Waals surface area contributed by atoms with Crippen LogP contribution in [0.5, 0.6) is 0 Å². The lowest BCUT2D eigenvalue weighted by atomic mass is 9.79. The van der Waals surface area contributed by atoms with Crippen LogP contribution in [0.1, 0.15) is 49.7 Å². The number of amides is 1. The van der Waals surface area contributed by atoms with Gasteiger partial charge in [-0.2, -0.15) is 0 Å². The zero-order chi connectivity index (χ0) is 26.1. The van der Waals surface area contributed by atoms with Crippen molar-refractivity contribution in [1.82, 2.24) is 10.2 Å². The van der Waals surface area contributed by atoms with E-state index in [9.17, 15) is 14.4 Å². The molecule has 3 atom stereocenters. The van der Waals surface area contributed by atoms with Crippen LogP contribution in [0.15, 0.2) is 60.7 Å². The minimum Gasteiger partial charge on any atom is -0.480 e. The molecule has 3 N–H and O–H groups in total. The molecule has 2 saturated heterocycles. The van der Waals surface area contributed by atoms with Crippen LogP contribution in [0.3, 0.4) is 0 Å². The molecule has 2 heterocycles. The lowest BCUT2D eigenvalue weighted by Crippen LogP contribution is -2.39. The quantitative estimate of drug-likeness (QED) is 0.398. The van der Waals surface area contributed by atoms with Crippen LogP contribution in [0.25, 0.3) is 0 Å². The summed E-state index contributed by atoms with van der Waals surface area (Å²) in [6.45, 7) is 1.80. The fourth-order valence-electron chi connectivity index (χ4n) is 6.01. The highest BCUT2D eigenvalue weighted by atomic mass is 16.5. The Morgan fingerprint density at radius 3 is 2.03 bits per heavy atom. The lowest BCUT2D eigenvalue weighted by molar-refractivity contribution is -0.157. The van der Waals surface area contributed by atoms with E-state index in [2.05, 4.69) is 17.4 Å². The number of likely N-dealkylation sites (tertiary alicyclic amines) is 1. The number of hydrogen-bond donors (Lipinski definition) is 3. The van der Waals surface area contributed by atoms with Gasteiger partial charge in [0.15, 0.2) is 0 Å². The van der Waals surface area contributed by atoms with E-state index >= 15 is 0 Å². The zero-order valence-corrected chi connectivity index (χ0v) is 20.9. The number of hydrogen-bond acceptors (Lipinski definition) is 5. The van der Waals surface area contributed by atoms with Crippen molar-refractivity contribution in [2.75, 3.05) is 13.1 Å². The van der Waals surface area contributed by atoms with Crippen LogP contribution in [-0.4, -0.2) is 57.8 Å². The van der Waals surface area contributed by atoms with Crippen molar-refractivity contribution >= 4 is 18.0 Å². The number of carboxylic acid groups (broad SMARTS) is 2. The molecule has 196 valence electrons. The fraction of sp³-hybridized carbons (Fsp3) is 0.483. The van der Waals surface area contributed by atoms with Crippen molar-refractivity contribution in [2.45, 2.75) is 63.1 Å². The first-order valence-corrected chi connectivity index (χ1v) is 13.0. The van der Waals surface area contributed by atoms with Gasteiger partial charge in [-0.05, 0) is 61.5 Å². The van der Waals surface area contributed by atoms with Gasteiger partial charge in [-0.15, -0.1) is 0 Å². The highest BCUT2D eigenvalue weighted by Gasteiger charge is 2.58. The molecule has 2 saturated carbocycles. The second-order valence-electron chi connectivity index (χ2n) is 11.3. The van der Waals surface area contributed by atoms with Gasteiger partial charge in [0.2, 0.25) is 0 Å². The lowest BCUT2D eigenvalue weighted by Gasteiger charge is -2.27. The largest absolute Gasteiger partial charge is 0.480 e. The summed E-state index contributed by atoms with van der Waals surface area (Å²) in [5.74, 6) is -1.06. The molecule has 1 amide bonds. The third kappa shape index (κ3) is 5.64. The van der Waals surface area contributed by atoms with Crippen LogP contribution < -0.4 is 5.32 Å². The second kappa shape index (κ2) is 9.82.